The molecule has 0 bridgehead atoms. The highest BCUT2D eigenvalue weighted by atomic mass is 15.2. The molecule has 11 rings (SSSR count). The van der Waals surface area contributed by atoms with Gasteiger partial charge in [-0.25, -0.2) is 19.9 Å². The summed E-state index contributed by atoms with van der Waals surface area (Å²) in [6, 6.07) is 65.2. The maximum Gasteiger partial charge on any atom is 0.182 e. The second kappa shape index (κ2) is 17.1. The van der Waals surface area contributed by atoms with E-state index in [0.29, 0.717) is 23.2 Å². The summed E-state index contributed by atoms with van der Waals surface area (Å²) in [4.78, 5) is 23.5. The van der Waals surface area contributed by atoms with Gasteiger partial charge in [0.1, 0.15) is 11.5 Å². The Labute approximate surface area is 406 Å². The number of nitrogens with zero attached hydrogens (tertiary/aromatic N) is 5. The molecule has 7 aromatic carbocycles. The van der Waals surface area contributed by atoms with Gasteiger partial charge in [-0.05, 0) is 129 Å². The van der Waals surface area contributed by atoms with E-state index in [1.165, 1.54) is 44.5 Å². The Morgan fingerprint density at radius 1 is 0.464 bits per heavy atom. The zero-order valence-electron chi connectivity index (χ0n) is 40.0. The lowest BCUT2D eigenvalue weighted by Crippen LogP contribution is -2.17. The van der Waals surface area contributed by atoms with Crippen LogP contribution in [-0.4, -0.2) is 19.9 Å². The van der Waals surface area contributed by atoms with Crippen LogP contribution < -0.4 is 4.90 Å². The van der Waals surface area contributed by atoms with Crippen LogP contribution >= 0.6 is 0 Å². The molecule has 69 heavy (non-hydrogen) atoms. The number of benzene rings is 7. The van der Waals surface area contributed by atoms with Crippen molar-refractivity contribution in [3.05, 3.63) is 240 Å². The molecule has 0 atom stereocenters. The average molecular weight is 892 g/mol. The van der Waals surface area contributed by atoms with Gasteiger partial charge in [-0.15, -0.1) is 0 Å². The molecule has 2 heterocycles. The highest BCUT2D eigenvalue weighted by Crippen LogP contribution is 2.52. The summed E-state index contributed by atoms with van der Waals surface area (Å²) in [6.07, 6.45) is 6.04. The smallest absolute Gasteiger partial charge is 0.182 e. The Balaban J connectivity index is 1.17. The van der Waals surface area contributed by atoms with E-state index >= 15 is 0 Å². The molecular formula is C64H53N5. The van der Waals surface area contributed by atoms with Gasteiger partial charge < -0.3 is 0 Å². The van der Waals surface area contributed by atoms with Crippen molar-refractivity contribution in [3.63, 3.8) is 0 Å². The number of hydrogen-bond acceptors (Lipinski definition) is 5. The Morgan fingerprint density at radius 3 is 1.62 bits per heavy atom. The van der Waals surface area contributed by atoms with Crippen molar-refractivity contribution in [3.8, 4) is 67.4 Å². The lowest BCUT2D eigenvalue weighted by Gasteiger charge is -2.28. The second-order valence-corrected chi connectivity index (χ2v) is 19.3. The van der Waals surface area contributed by atoms with Crippen molar-refractivity contribution in [2.24, 2.45) is 0 Å². The molecule has 0 spiro atoms. The van der Waals surface area contributed by atoms with E-state index in [1.54, 1.807) is 0 Å². The van der Waals surface area contributed by atoms with Gasteiger partial charge >= 0.3 is 0 Å². The number of rotatable bonds is 10. The maximum absolute atomic E-state index is 5.63. The van der Waals surface area contributed by atoms with Crippen molar-refractivity contribution < 1.29 is 0 Å². The third-order valence-electron chi connectivity index (χ3n) is 13.9. The molecule has 9 aromatic rings. The Hall–Kier alpha value is -8.28. The van der Waals surface area contributed by atoms with Crippen molar-refractivity contribution in [1.82, 2.24) is 19.9 Å². The second-order valence-electron chi connectivity index (χ2n) is 19.3. The number of anilines is 3. The number of hydrogen-bond donors (Lipinski definition) is 0. The third-order valence-corrected chi connectivity index (χ3v) is 13.9. The molecule has 0 radical (unpaired) electrons. The summed E-state index contributed by atoms with van der Waals surface area (Å²) in [6.45, 7) is 17.5. The van der Waals surface area contributed by atoms with Crippen LogP contribution in [0.1, 0.15) is 69.6 Å². The first-order valence-corrected chi connectivity index (χ1v) is 23.8. The highest BCUT2D eigenvalue weighted by molar-refractivity contribution is 5.88. The average Bonchev–Trinajstić information content (AvgIpc) is 3.75. The van der Waals surface area contributed by atoms with Gasteiger partial charge in [-0.2, -0.15) is 0 Å². The molecule has 334 valence electrons. The van der Waals surface area contributed by atoms with E-state index in [9.17, 15) is 0 Å². The predicted molar refractivity (Wildman–Crippen MR) is 287 cm³/mol. The number of fused-ring (bicyclic) bond motifs is 6. The maximum atomic E-state index is 5.63. The fourth-order valence-corrected chi connectivity index (χ4v) is 10.4. The topological polar surface area (TPSA) is 54.8 Å². The normalized spacial score (nSPS) is 14.0. The van der Waals surface area contributed by atoms with Crippen LogP contribution in [0.5, 0.6) is 0 Å². The molecule has 0 unspecified atom stereocenters. The SMILES string of the molecule is C=C(C)C=C(C=CC)c1nc(-c2ccccc2)nc(-c2cc(-c3ccc4c(c3)C(C)(C)c3ccccc3-4)cc(N(c3ccc(-c4ccccc4)cc3)c3ccc4c(c3)C(C)(C)c3ccccc3-4)n2)n1. The summed E-state index contributed by atoms with van der Waals surface area (Å²) < 4.78 is 0. The first-order valence-electron chi connectivity index (χ1n) is 23.8. The molecule has 0 saturated heterocycles. The third kappa shape index (κ3) is 7.70. The predicted octanol–water partition coefficient (Wildman–Crippen LogP) is 16.6. The molecule has 2 aliphatic carbocycles. The van der Waals surface area contributed by atoms with E-state index in [2.05, 4.69) is 191 Å². The zero-order chi connectivity index (χ0) is 47.4. The molecule has 0 aliphatic heterocycles. The molecule has 2 aliphatic rings. The van der Waals surface area contributed by atoms with Crippen LogP contribution in [0.3, 0.4) is 0 Å². The van der Waals surface area contributed by atoms with E-state index in [1.807, 2.05) is 62.4 Å². The van der Waals surface area contributed by atoms with Gasteiger partial charge in [0.25, 0.3) is 0 Å². The lowest BCUT2D eigenvalue weighted by molar-refractivity contribution is 0.660. The summed E-state index contributed by atoms with van der Waals surface area (Å²) >= 11 is 0. The number of allylic oxidation sites excluding steroid dienone is 5. The first-order chi connectivity index (χ1) is 33.5. The standard InChI is InChI=1S/C64H53N5/c1-8-19-46(36-41(2)3)61-66-60(44-22-13-10-14-23-44)67-62(68-61)58-38-47(45-30-34-52-50-24-15-17-26-54(50)63(4,5)56(52)37-45)39-59(65-58)69(48-31-28-43(29-32-48)42-20-11-9-12-21-42)49-33-35-53-51-25-16-18-27-55(51)64(6,7)57(53)40-49/h8-40H,2H2,1,3-7H3. The quantitative estimate of drug-likeness (QED) is 0.128. The monoisotopic (exact) mass is 891 g/mol. The van der Waals surface area contributed by atoms with Crippen LogP contribution in [0.15, 0.2) is 212 Å². The first kappa shape index (κ1) is 43.3. The largest absolute Gasteiger partial charge is 0.295 e. The van der Waals surface area contributed by atoms with Gasteiger partial charge in [0, 0.05) is 33.3 Å². The molecule has 0 amide bonds. The van der Waals surface area contributed by atoms with Crippen LogP contribution in [0.4, 0.5) is 17.2 Å². The van der Waals surface area contributed by atoms with Crippen molar-refractivity contribution in [2.45, 2.75) is 52.4 Å². The van der Waals surface area contributed by atoms with Crippen molar-refractivity contribution in [1.29, 1.82) is 0 Å². The molecular weight excluding hydrogens is 839 g/mol. The fourth-order valence-electron chi connectivity index (χ4n) is 10.4. The minimum absolute atomic E-state index is 0.186. The Morgan fingerprint density at radius 2 is 0.986 bits per heavy atom. The van der Waals surface area contributed by atoms with Crippen molar-refractivity contribution >= 4 is 22.8 Å². The molecule has 0 N–H and O–H groups in total. The fraction of sp³-hybridized carbons (Fsp3) is 0.125. The van der Waals surface area contributed by atoms with E-state index in [4.69, 9.17) is 19.9 Å². The minimum atomic E-state index is -0.211. The summed E-state index contributed by atoms with van der Waals surface area (Å²) in [7, 11) is 0. The molecule has 0 fully saturated rings. The molecule has 5 nitrogen and oxygen atoms in total. The van der Waals surface area contributed by atoms with Crippen LogP contribution in [0.2, 0.25) is 0 Å². The van der Waals surface area contributed by atoms with E-state index < -0.39 is 0 Å². The summed E-state index contributed by atoms with van der Waals surface area (Å²) in [5.74, 6) is 2.31. The van der Waals surface area contributed by atoms with Gasteiger partial charge in [-0.3, -0.25) is 4.90 Å². The molecule has 0 saturated carbocycles. The zero-order valence-corrected chi connectivity index (χ0v) is 40.0. The minimum Gasteiger partial charge on any atom is -0.295 e. The van der Waals surface area contributed by atoms with Gasteiger partial charge in [0.05, 0.1) is 0 Å². The summed E-state index contributed by atoms with van der Waals surface area (Å²) in [5.41, 5.74) is 19.6. The van der Waals surface area contributed by atoms with Gasteiger partial charge in [0.15, 0.2) is 17.5 Å². The number of pyridine rings is 1. The van der Waals surface area contributed by atoms with Gasteiger partial charge in [0.2, 0.25) is 0 Å². The number of aromatic nitrogens is 4. The van der Waals surface area contributed by atoms with E-state index in [0.717, 1.165) is 56.2 Å². The summed E-state index contributed by atoms with van der Waals surface area (Å²) in [5, 5.41) is 0. The lowest BCUT2D eigenvalue weighted by atomic mass is 9.81. The van der Waals surface area contributed by atoms with Crippen molar-refractivity contribution in [2.75, 3.05) is 4.90 Å². The highest BCUT2D eigenvalue weighted by Gasteiger charge is 2.37. The van der Waals surface area contributed by atoms with Crippen LogP contribution in [0, 0.1) is 0 Å². The van der Waals surface area contributed by atoms with E-state index in [-0.39, 0.29) is 10.8 Å². The van der Waals surface area contributed by atoms with Crippen LogP contribution in [0.25, 0.3) is 73.0 Å². The molecule has 2 aromatic heterocycles. The molecule has 5 heteroatoms. The Bertz CT molecular complexity index is 3530. The van der Waals surface area contributed by atoms with Gasteiger partial charge in [-0.1, -0.05) is 192 Å². The van der Waals surface area contributed by atoms with Crippen LogP contribution in [-0.2, 0) is 10.8 Å². The Kier molecular flexibility index (Phi) is 10.7.